The van der Waals surface area contributed by atoms with E-state index in [2.05, 4.69) is 10.1 Å². The van der Waals surface area contributed by atoms with Crippen LogP contribution < -0.4 is 0 Å². The average molecular weight is 321 g/mol. The summed E-state index contributed by atoms with van der Waals surface area (Å²) in [6.45, 7) is 1.96. The van der Waals surface area contributed by atoms with Gasteiger partial charge in [-0.05, 0) is 6.92 Å². The monoisotopic (exact) mass is 320 g/mol. The number of carbonyl (C=O) groups is 2. The molecule has 1 aromatic rings. The number of Topliss-reactive ketones (excluding diaryl/α,β-unsaturated/α-hetero) is 1. The van der Waals surface area contributed by atoms with E-state index in [9.17, 15) is 9.59 Å². The summed E-state index contributed by atoms with van der Waals surface area (Å²) in [7, 11) is 0. The van der Waals surface area contributed by atoms with Crippen LogP contribution in [0.3, 0.4) is 0 Å². The van der Waals surface area contributed by atoms with E-state index in [0.29, 0.717) is 9.90 Å². The molecule has 15 heavy (non-hydrogen) atoms. The molecule has 0 spiro atoms. The van der Waals surface area contributed by atoms with Crippen molar-refractivity contribution in [2.24, 2.45) is 0 Å². The molecular formula is C9H8ClO3SY-. The fraction of sp³-hybridized carbons (Fsp3) is 0.333. The predicted octanol–water partition coefficient (Wildman–Crippen LogP) is 2.34. The fourth-order valence-electron chi connectivity index (χ4n) is 0.880. The van der Waals surface area contributed by atoms with Crippen LogP contribution in [0.15, 0.2) is 6.07 Å². The number of ketones is 1. The molecule has 0 aliphatic heterocycles. The Labute approximate surface area is 122 Å². The molecule has 0 fully saturated rings. The van der Waals surface area contributed by atoms with Crippen LogP contribution in [0.25, 0.3) is 0 Å². The van der Waals surface area contributed by atoms with Gasteiger partial charge in [-0.25, -0.2) is 0 Å². The molecular weight excluding hydrogens is 313 g/mol. The number of carbonyl (C=O) groups excluding carboxylic acids is 2. The van der Waals surface area contributed by atoms with E-state index in [0.717, 1.165) is 11.3 Å². The molecule has 1 radical (unpaired) electrons. The van der Waals surface area contributed by atoms with Gasteiger partial charge in [-0.2, -0.15) is 17.7 Å². The van der Waals surface area contributed by atoms with Gasteiger partial charge in [-0.1, -0.05) is 4.34 Å². The summed E-state index contributed by atoms with van der Waals surface area (Å²) in [4.78, 5) is 22.4. The minimum absolute atomic E-state index is 0. The van der Waals surface area contributed by atoms with Gasteiger partial charge in [0.05, 0.1) is 13.0 Å². The Morgan fingerprint density at radius 3 is 2.73 bits per heavy atom. The Hall–Kier alpha value is 0.234. The van der Waals surface area contributed by atoms with E-state index in [-0.39, 0.29) is 51.5 Å². The van der Waals surface area contributed by atoms with Crippen molar-refractivity contribution in [2.45, 2.75) is 13.3 Å². The summed E-state index contributed by atoms with van der Waals surface area (Å²) in [5, 5.41) is 2.72. The number of thiophene rings is 1. The fourth-order valence-corrected chi connectivity index (χ4v) is 1.74. The Morgan fingerprint density at radius 2 is 2.27 bits per heavy atom. The summed E-state index contributed by atoms with van der Waals surface area (Å²) in [6, 6.07) is 1.48. The second-order valence-corrected chi connectivity index (χ2v) is 3.91. The molecule has 0 aliphatic rings. The van der Waals surface area contributed by atoms with Crippen LogP contribution in [-0.4, -0.2) is 18.4 Å². The van der Waals surface area contributed by atoms with Crippen molar-refractivity contribution in [1.29, 1.82) is 0 Å². The van der Waals surface area contributed by atoms with Gasteiger partial charge >= 0.3 is 5.97 Å². The smallest absolute Gasteiger partial charge is 0.312 e. The van der Waals surface area contributed by atoms with Crippen LogP contribution >= 0.6 is 22.9 Å². The zero-order chi connectivity index (χ0) is 10.6. The van der Waals surface area contributed by atoms with Crippen LogP contribution in [0.2, 0.25) is 4.34 Å². The Balaban J connectivity index is 0.00000196. The van der Waals surface area contributed by atoms with Crippen LogP contribution in [0, 0.1) is 5.38 Å². The van der Waals surface area contributed by atoms with Gasteiger partial charge in [0, 0.05) is 32.7 Å². The van der Waals surface area contributed by atoms with Crippen molar-refractivity contribution in [2.75, 3.05) is 6.61 Å². The topological polar surface area (TPSA) is 43.4 Å². The van der Waals surface area contributed by atoms with Gasteiger partial charge in [-0.15, -0.1) is 10.9 Å². The van der Waals surface area contributed by atoms with Gasteiger partial charge in [0.15, 0.2) is 0 Å². The van der Waals surface area contributed by atoms with E-state index in [4.69, 9.17) is 11.6 Å². The molecule has 0 aromatic carbocycles. The van der Waals surface area contributed by atoms with Crippen LogP contribution in [0.5, 0.6) is 0 Å². The quantitative estimate of drug-likeness (QED) is 0.370. The molecule has 79 valence electrons. The van der Waals surface area contributed by atoms with Crippen molar-refractivity contribution in [3.8, 4) is 0 Å². The van der Waals surface area contributed by atoms with Crippen LogP contribution in [-0.2, 0) is 42.2 Å². The molecule has 0 bridgehead atoms. The normalized spacial score (nSPS) is 9.20. The third-order valence-corrected chi connectivity index (χ3v) is 2.54. The van der Waals surface area contributed by atoms with E-state index in [1.54, 1.807) is 6.92 Å². The standard InChI is InChI=1S/C9H8ClO3S.Y/c1-2-13-8(12)5-7(11)6-3-4-14-9(6)10;/h3H,2,5H2,1H3;/q-1;. The summed E-state index contributed by atoms with van der Waals surface area (Å²) in [5.41, 5.74) is 0.338. The van der Waals surface area contributed by atoms with E-state index < -0.39 is 5.97 Å². The summed E-state index contributed by atoms with van der Waals surface area (Å²) >= 11 is 6.85. The van der Waals surface area contributed by atoms with E-state index in [1.165, 1.54) is 6.07 Å². The number of hydrogen-bond acceptors (Lipinski definition) is 4. The van der Waals surface area contributed by atoms with Gasteiger partial charge in [0.25, 0.3) is 0 Å². The number of esters is 1. The van der Waals surface area contributed by atoms with Crippen LogP contribution in [0.1, 0.15) is 23.7 Å². The maximum atomic E-state index is 11.4. The first kappa shape index (κ1) is 15.2. The molecule has 0 N–H and O–H groups in total. The average Bonchev–Trinajstić information content (AvgIpc) is 2.51. The molecule has 1 aromatic heterocycles. The van der Waals surface area contributed by atoms with Crippen molar-refractivity contribution in [3.63, 3.8) is 0 Å². The summed E-state index contributed by atoms with van der Waals surface area (Å²) in [6.07, 6.45) is -0.266. The molecule has 0 unspecified atom stereocenters. The Bertz CT molecular complexity index is 351. The molecule has 0 aliphatic carbocycles. The number of hydrogen-bond donors (Lipinski definition) is 0. The molecule has 6 heteroatoms. The van der Waals surface area contributed by atoms with Gasteiger partial charge in [-0.3, -0.25) is 16.1 Å². The molecule has 0 saturated carbocycles. The Morgan fingerprint density at radius 1 is 1.60 bits per heavy atom. The third kappa shape index (κ3) is 4.72. The predicted molar refractivity (Wildman–Crippen MR) is 53.7 cm³/mol. The zero-order valence-electron chi connectivity index (χ0n) is 8.08. The Kier molecular flexibility index (Phi) is 7.61. The second-order valence-electron chi connectivity index (χ2n) is 2.46. The van der Waals surface area contributed by atoms with Gasteiger partial charge < -0.3 is 9.53 Å². The van der Waals surface area contributed by atoms with Gasteiger partial charge in [0.2, 0.25) is 0 Å². The first-order valence-electron chi connectivity index (χ1n) is 3.99. The van der Waals surface area contributed by atoms with E-state index in [1.807, 2.05) is 0 Å². The zero-order valence-corrected chi connectivity index (χ0v) is 12.5. The first-order chi connectivity index (χ1) is 6.65. The van der Waals surface area contributed by atoms with Crippen molar-refractivity contribution < 1.29 is 47.0 Å². The van der Waals surface area contributed by atoms with Crippen molar-refractivity contribution in [3.05, 3.63) is 21.3 Å². The minimum Gasteiger partial charge on any atom is -0.466 e. The molecule has 0 saturated heterocycles. The maximum absolute atomic E-state index is 11.4. The summed E-state index contributed by atoms with van der Waals surface area (Å²) < 4.78 is 5.00. The third-order valence-electron chi connectivity index (χ3n) is 1.47. The van der Waals surface area contributed by atoms with Crippen LogP contribution in [0.4, 0.5) is 0 Å². The van der Waals surface area contributed by atoms with Crippen molar-refractivity contribution in [1.82, 2.24) is 0 Å². The number of halogens is 1. The minimum atomic E-state index is -0.528. The second kappa shape index (κ2) is 7.50. The van der Waals surface area contributed by atoms with Gasteiger partial charge in [0.1, 0.15) is 5.78 Å². The molecule has 1 rings (SSSR count). The SMILES string of the molecule is CCOC(=O)CC(=O)c1c[c-]sc1Cl.[Y]. The maximum Gasteiger partial charge on any atom is 0.312 e. The first-order valence-corrected chi connectivity index (χ1v) is 5.18. The number of rotatable bonds is 4. The molecule has 0 atom stereocenters. The summed E-state index contributed by atoms with van der Waals surface area (Å²) in [5.74, 6) is -0.856. The molecule has 1 heterocycles. The molecule has 3 nitrogen and oxygen atoms in total. The van der Waals surface area contributed by atoms with E-state index >= 15 is 0 Å². The largest absolute Gasteiger partial charge is 0.466 e. The molecule has 0 amide bonds. The van der Waals surface area contributed by atoms with Crippen molar-refractivity contribution >= 4 is 34.7 Å². The number of ether oxygens (including phenoxy) is 1.